The molecule has 0 aliphatic rings. The van der Waals surface area contributed by atoms with Crippen LogP contribution in [0.1, 0.15) is 0 Å². The smallest absolute Gasteiger partial charge is 0 e. The number of hydrogen-bond donors (Lipinski definition) is 0. The van der Waals surface area contributed by atoms with Gasteiger partial charge in [-0.3, -0.25) is 0 Å². The summed E-state index contributed by atoms with van der Waals surface area (Å²) in [6, 6.07) is 0. The minimum Gasteiger partial charge on any atom is -0.412 e. The van der Waals surface area contributed by atoms with Crippen LogP contribution in [0.3, 0.4) is 0 Å². The maximum atomic E-state index is 0. The molecule has 0 aliphatic heterocycles. The molecule has 0 unspecified atom stereocenters. The summed E-state index contributed by atoms with van der Waals surface area (Å²) in [5.41, 5.74) is 0. The van der Waals surface area contributed by atoms with E-state index in [1.807, 2.05) is 0 Å². The fourth-order valence-electron chi connectivity index (χ4n) is 0. The van der Waals surface area contributed by atoms with Gasteiger partial charge in [0.25, 0.3) is 0 Å². The Kier molecular flexibility index (Phi) is 203. The van der Waals surface area contributed by atoms with Crippen LogP contribution in [0.15, 0.2) is 0 Å². The summed E-state index contributed by atoms with van der Waals surface area (Å²) < 4.78 is 0. The molecule has 1 nitrogen and oxygen atoms in total. The van der Waals surface area contributed by atoms with E-state index in [1.165, 1.54) is 0 Å². The maximum Gasteiger partial charge on any atom is 0 e. The molecule has 1 radical (unpaired) electrons. The van der Waals surface area contributed by atoms with Gasteiger partial charge in [-0.15, -0.1) is 0 Å². The Labute approximate surface area is 65.6 Å². The van der Waals surface area contributed by atoms with Gasteiger partial charge in [0.1, 0.15) is 0 Å². The Hall–Kier alpha value is 1.90. The third-order valence-corrected chi connectivity index (χ3v) is 0. The van der Waals surface area contributed by atoms with Gasteiger partial charge >= 0.3 is 0 Å². The second kappa shape index (κ2) is 20.7. The quantitative estimate of drug-likeness (QED) is 0.481. The molecule has 0 fully saturated rings. The summed E-state index contributed by atoms with van der Waals surface area (Å²) >= 11 is 0. The van der Waals surface area contributed by atoms with Gasteiger partial charge in [-0.1, -0.05) is 0 Å². The zero-order valence-corrected chi connectivity index (χ0v) is 6.38. The zero-order chi connectivity index (χ0) is 0. The Morgan fingerprint density at radius 3 is 1.00 bits per heavy atom. The van der Waals surface area contributed by atoms with E-state index in [-0.39, 0.29) is 66.1 Å². The molecule has 0 aromatic rings. The molecule has 0 bridgehead atoms. The second-order valence-electron chi connectivity index (χ2n) is 0. The monoisotopic (exact) mass is 223 g/mol. The van der Waals surface area contributed by atoms with Crippen LogP contribution in [-0.4, -0.2) is 5.48 Å². The fourth-order valence-corrected chi connectivity index (χ4v) is 0. The molecule has 29 valence electrons. The summed E-state index contributed by atoms with van der Waals surface area (Å²) in [4.78, 5) is 0. The van der Waals surface area contributed by atoms with Crippen molar-refractivity contribution in [3.05, 3.63) is 0 Å². The number of rotatable bonds is 0. The zero-order valence-electron chi connectivity index (χ0n) is 1.71. The minimum atomic E-state index is 0. The first-order chi connectivity index (χ1) is 0. The van der Waals surface area contributed by atoms with E-state index in [4.69, 9.17) is 0 Å². The van der Waals surface area contributed by atoms with Crippen LogP contribution in [0.2, 0.25) is 0 Å². The minimum absolute atomic E-state index is 0. The van der Waals surface area contributed by atoms with Gasteiger partial charge in [0.15, 0.2) is 0 Å². The van der Waals surface area contributed by atoms with Crippen LogP contribution in [0.5, 0.6) is 0 Å². The van der Waals surface area contributed by atoms with Crippen molar-refractivity contribution in [2.75, 3.05) is 0 Å². The molecule has 0 aromatic carbocycles. The molecule has 0 aromatic heterocycles. The van der Waals surface area contributed by atoms with E-state index in [1.54, 1.807) is 0 Å². The van der Waals surface area contributed by atoms with Crippen molar-refractivity contribution >= 4 is 0 Å². The van der Waals surface area contributed by atoms with E-state index >= 15 is 0 Å². The van der Waals surface area contributed by atoms with E-state index < -0.39 is 0 Å². The Morgan fingerprint density at radius 2 is 1.00 bits per heavy atom. The molecular formula is H2CrCuOZr. The molecule has 4 heavy (non-hydrogen) atoms. The van der Waals surface area contributed by atoms with E-state index in [9.17, 15) is 0 Å². The molecule has 0 saturated heterocycles. The van der Waals surface area contributed by atoms with Crippen molar-refractivity contribution in [1.82, 2.24) is 0 Å². The molecule has 2 N–H and O–H groups in total. The largest absolute Gasteiger partial charge is 0.412 e. The Balaban J connectivity index is 0. The average molecular weight is 225 g/mol. The first-order valence-electron chi connectivity index (χ1n) is 0. The average Bonchev–Trinajstić information content (AvgIpc) is 0. The van der Waals surface area contributed by atoms with Gasteiger partial charge in [0.05, 0.1) is 0 Å². The molecule has 0 rings (SSSR count). The van der Waals surface area contributed by atoms with Crippen LogP contribution < -0.4 is 0 Å². The Morgan fingerprint density at radius 1 is 1.00 bits per heavy atom. The Bertz CT molecular complexity index is 8.00. The first-order valence-corrected chi connectivity index (χ1v) is 0. The molecular weight excluding hydrogens is 223 g/mol. The maximum absolute atomic E-state index is 0. The summed E-state index contributed by atoms with van der Waals surface area (Å²) in [5.74, 6) is 0. The SMILES string of the molecule is O.[Cr].[Cu].[Zr]. The molecule has 0 spiro atoms. The van der Waals surface area contributed by atoms with Crippen molar-refractivity contribution in [1.29, 1.82) is 0 Å². The molecule has 4 heteroatoms. The van der Waals surface area contributed by atoms with Crippen molar-refractivity contribution in [2.45, 2.75) is 0 Å². The van der Waals surface area contributed by atoms with Gasteiger partial charge in [0, 0.05) is 60.6 Å². The fraction of sp³-hybridized carbons (Fsp3) is 0. The molecule has 0 heterocycles. The van der Waals surface area contributed by atoms with Crippen LogP contribution >= 0.6 is 0 Å². The van der Waals surface area contributed by atoms with E-state index in [0.29, 0.717) is 0 Å². The van der Waals surface area contributed by atoms with Gasteiger partial charge in [-0.25, -0.2) is 0 Å². The van der Waals surface area contributed by atoms with Crippen LogP contribution in [-0.2, 0) is 60.6 Å². The van der Waals surface area contributed by atoms with Crippen molar-refractivity contribution in [2.24, 2.45) is 0 Å². The summed E-state index contributed by atoms with van der Waals surface area (Å²) in [6.07, 6.45) is 0. The second-order valence-corrected chi connectivity index (χ2v) is 0. The standard InChI is InChI=1S/Cr.Cu.H2O.Zr/h;;1H2;. The molecule has 0 aliphatic carbocycles. The van der Waals surface area contributed by atoms with Gasteiger partial charge in [0.2, 0.25) is 0 Å². The summed E-state index contributed by atoms with van der Waals surface area (Å²) in [5, 5.41) is 0. The van der Waals surface area contributed by atoms with Crippen LogP contribution in [0, 0.1) is 0 Å². The van der Waals surface area contributed by atoms with Gasteiger partial charge in [-0.2, -0.15) is 0 Å². The summed E-state index contributed by atoms with van der Waals surface area (Å²) in [6.45, 7) is 0. The molecule has 0 amide bonds. The first kappa shape index (κ1) is 39.3. The third kappa shape index (κ3) is 9.09. The predicted molar refractivity (Wildman–Crippen MR) is 3.61 cm³/mol. The van der Waals surface area contributed by atoms with Crippen LogP contribution in [0.25, 0.3) is 0 Å². The topological polar surface area (TPSA) is 31.5 Å². The van der Waals surface area contributed by atoms with Gasteiger partial charge < -0.3 is 5.48 Å². The summed E-state index contributed by atoms with van der Waals surface area (Å²) in [7, 11) is 0. The van der Waals surface area contributed by atoms with Crippen molar-refractivity contribution in [3.63, 3.8) is 0 Å². The normalized spacial score (nSPS) is 0. The third-order valence-electron chi connectivity index (χ3n) is 0. The van der Waals surface area contributed by atoms with Crippen molar-refractivity contribution < 1.29 is 66.1 Å². The number of hydrogen-bond acceptors (Lipinski definition) is 0. The van der Waals surface area contributed by atoms with Crippen molar-refractivity contribution in [3.8, 4) is 0 Å². The predicted octanol–water partition coefficient (Wildman–Crippen LogP) is -0.832. The molecule has 0 atom stereocenters. The van der Waals surface area contributed by atoms with Gasteiger partial charge in [-0.05, 0) is 0 Å². The van der Waals surface area contributed by atoms with E-state index in [0.717, 1.165) is 0 Å². The van der Waals surface area contributed by atoms with Crippen LogP contribution in [0.4, 0.5) is 0 Å². The molecule has 0 saturated carbocycles. The van der Waals surface area contributed by atoms with E-state index in [2.05, 4.69) is 0 Å².